The Hall–Kier alpha value is -2.81. The zero-order valence-electron chi connectivity index (χ0n) is 13.1. The maximum absolute atomic E-state index is 12.3. The molecule has 2 aromatic rings. The van der Waals surface area contributed by atoms with Gasteiger partial charge in [0.25, 0.3) is 5.91 Å². The smallest absolute Gasteiger partial charge is 0.266 e. The zero-order valence-corrected chi connectivity index (χ0v) is 14.7. The predicted octanol–water partition coefficient (Wildman–Crippen LogP) is 4.50. The van der Waals surface area contributed by atoms with Crippen molar-refractivity contribution in [2.24, 2.45) is 0 Å². The number of nitriles is 1. The topological polar surface area (TPSA) is 82.0 Å². The van der Waals surface area contributed by atoms with Gasteiger partial charge in [0.05, 0.1) is 0 Å². The van der Waals surface area contributed by atoms with Crippen molar-refractivity contribution in [3.05, 3.63) is 63.6 Å². The molecule has 2 rings (SSSR count). The predicted molar refractivity (Wildman–Crippen MR) is 99.4 cm³/mol. The lowest BCUT2D eigenvalue weighted by Gasteiger charge is -2.07. The van der Waals surface area contributed by atoms with Gasteiger partial charge in [0.2, 0.25) is 5.91 Å². The fourth-order valence-corrected chi connectivity index (χ4v) is 2.49. The van der Waals surface area contributed by atoms with E-state index in [0.717, 1.165) is 0 Å². The number of anilines is 2. The second kappa shape index (κ2) is 8.34. The molecule has 5 nitrogen and oxygen atoms in total. The van der Waals surface area contributed by atoms with Crippen LogP contribution in [0, 0.1) is 11.3 Å². The Morgan fingerprint density at radius 3 is 2.00 bits per heavy atom. The summed E-state index contributed by atoms with van der Waals surface area (Å²) in [5.74, 6) is -0.783. The van der Waals surface area contributed by atoms with Gasteiger partial charge < -0.3 is 10.6 Å². The van der Waals surface area contributed by atoms with Gasteiger partial charge in [0, 0.05) is 33.9 Å². The van der Waals surface area contributed by atoms with Gasteiger partial charge >= 0.3 is 0 Å². The van der Waals surface area contributed by atoms with Gasteiger partial charge in [-0.1, -0.05) is 29.3 Å². The highest BCUT2D eigenvalue weighted by Gasteiger charge is 2.12. The highest BCUT2D eigenvalue weighted by molar-refractivity contribution is 6.37. The van der Waals surface area contributed by atoms with E-state index < -0.39 is 5.91 Å². The first kappa shape index (κ1) is 18.5. The Labute approximate surface area is 154 Å². The number of hydrogen-bond donors (Lipinski definition) is 2. The summed E-state index contributed by atoms with van der Waals surface area (Å²) < 4.78 is 0. The number of nitrogens with zero attached hydrogens (tertiary/aromatic N) is 1. The van der Waals surface area contributed by atoms with E-state index in [0.29, 0.717) is 27.0 Å². The van der Waals surface area contributed by atoms with Crippen molar-refractivity contribution in [1.82, 2.24) is 0 Å². The molecule has 0 radical (unpaired) electrons. The number of halogens is 2. The quantitative estimate of drug-likeness (QED) is 0.611. The van der Waals surface area contributed by atoms with Crippen molar-refractivity contribution in [2.45, 2.75) is 6.92 Å². The van der Waals surface area contributed by atoms with E-state index in [1.54, 1.807) is 42.5 Å². The number of carbonyl (C=O) groups is 2. The minimum Gasteiger partial charge on any atom is -0.326 e. The molecule has 0 saturated heterocycles. The summed E-state index contributed by atoms with van der Waals surface area (Å²) >= 11 is 12.1. The van der Waals surface area contributed by atoms with Crippen LogP contribution < -0.4 is 10.6 Å². The van der Waals surface area contributed by atoms with Gasteiger partial charge in [-0.15, -0.1) is 0 Å². The molecule has 0 aromatic heterocycles. The van der Waals surface area contributed by atoms with Crippen LogP contribution >= 0.6 is 23.2 Å². The largest absolute Gasteiger partial charge is 0.326 e. The Morgan fingerprint density at radius 2 is 1.52 bits per heavy atom. The second-order valence-electron chi connectivity index (χ2n) is 5.02. The van der Waals surface area contributed by atoms with Crippen LogP contribution in [0.15, 0.2) is 48.0 Å². The van der Waals surface area contributed by atoms with E-state index in [4.69, 9.17) is 23.2 Å². The maximum atomic E-state index is 12.3. The molecule has 7 heteroatoms. The third-order valence-corrected chi connectivity index (χ3v) is 3.78. The van der Waals surface area contributed by atoms with Crippen LogP contribution in [0.5, 0.6) is 0 Å². The highest BCUT2D eigenvalue weighted by atomic mass is 35.5. The lowest BCUT2D eigenvalue weighted by molar-refractivity contribution is -0.114. The van der Waals surface area contributed by atoms with Gasteiger partial charge in [0.1, 0.15) is 11.6 Å². The Bertz CT molecular complexity index is 864. The van der Waals surface area contributed by atoms with E-state index in [2.05, 4.69) is 10.6 Å². The molecular weight excluding hydrogens is 361 g/mol. The van der Waals surface area contributed by atoms with Crippen molar-refractivity contribution in [3.63, 3.8) is 0 Å². The van der Waals surface area contributed by atoms with Gasteiger partial charge in [-0.25, -0.2) is 0 Å². The number of amides is 2. The molecule has 0 heterocycles. The van der Waals surface area contributed by atoms with Crippen molar-refractivity contribution < 1.29 is 9.59 Å². The second-order valence-corrected chi connectivity index (χ2v) is 5.83. The van der Waals surface area contributed by atoms with Crippen molar-refractivity contribution in [3.8, 4) is 6.07 Å². The molecule has 0 unspecified atom stereocenters. The third kappa shape index (κ3) is 5.08. The first-order valence-electron chi connectivity index (χ1n) is 7.15. The van der Waals surface area contributed by atoms with Crippen LogP contribution in [0.4, 0.5) is 11.4 Å². The number of hydrogen-bond acceptors (Lipinski definition) is 3. The molecule has 0 aliphatic rings. The van der Waals surface area contributed by atoms with Gasteiger partial charge in [-0.2, -0.15) is 5.26 Å². The molecular formula is C18H13Cl2N3O2. The molecule has 0 saturated carbocycles. The fourth-order valence-electron chi connectivity index (χ4n) is 1.98. The van der Waals surface area contributed by atoms with Crippen LogP contribution in [-0.4, -0.2) is 11.8 Å². The van der Waals surface area contributed by atoms with Crippen molar-refractivity contribution in [1.29, 1.82) is 5.26 Å². The summed E-state index contributed by atoms with van der Waals surface area (Å²) in [5.41, 5.74) is 1.34. The SMILES string of the molecule is CC(=O)Nc1ccc(NC(=O)/C(C#N)=C/c2c(Cl)cccc2Cl)cc1. The average molecular weight is 374 g/mol. The van der Waals surface area contributed by atoms with Crippen LogP contribution in [0.2, 0.25) is 10.0 Å². The minimum absolute atomic E-state index is 0.138. The molecule has 25 heavy (non-hydrogen) atoms. The summed E-state index contributed by atoms with van der Waals surface area (Å²) in [6.07, 6.45) is 1.34. The van der Waals surface area contributed by atoms with E-state index in [9.17, 15) is 14.9 Å². The average Bonchev–Trinajstić information content (AvgIpc) is 2.56. The summed E-state index contributed by atoms with van der Waals surface area (Å²) in [6, 6.07) is 13.2. The molecule has 0 spiro atoms. The first-order chi connectivity index (χ1) is 11.9. The van der Waals surface area contributed by atoms with Gasteiger partial charge in [-0.05, 0) is 42.5 Å². The third-order valence-electron chi connectivity index (χ3n) is 3.12. The number of carbonyl (C=O) groups excluding carboxylic acids is 2. The molecule has 126 valence electrons. The lowest BCUT2D eigenvalue weighted by Crippen LogP contribution is -2.13. The van der Waals surface area contributed by atoms with Crippen LogP contribution in [0.1, 0.15) is 12.5 Å². The van der Waals surface area contributed by atoms with E-state index >= 15 is 0 Å². The Kier molecular flexibility index (Phi) is 6.18. The molecule has 0 atom stereocenters. The monoisotopic (exact) mass is 373 g/mol. The van der Waals surface area contributed by atoms with Gasteiger partial charge in [-0.3, -0.25) is 9.59 Å². The summed E-state index contributed by atoms with van der Waals surface area (Å²) in [5, 5.41) is 15.2. The van der Waals surface area contributed by atoms with Crippen molar-refractivity contribution in [2.75, 3.05) is 10.6 Å². The number of rotatable bonds is 4. The molecule has 0 aliphatic heterocycles. The Balaban J connectivity index is 2.19. The molecule has 0 fully saturated rings. The maximum Gasteiger partial charge on any atom is 0.266 e. The van der Waals surface area contributed by atoms with Gasteiger partial charge in [0.15, 0.2) is 0 Å². The fraction of sp³-hybridized carbons (Fsp3) is 0.0556. The van der Waals surface area contributed by atoms with E-state index in [1.165, 1.54) is 13.0 Å². The molecule has 0 aliphatic carbocycles. The van der Waals surface area contributed by atoms with Crippen molar-refractivity contribution >= 4 is 52.5 Å². The van der Waals surface area contributed by atoms with Crippen LogP contribution in [-0.2, 0) is 9.59 Å². The van der Waals surface area contributed by atoms with E-state index in [-0.39, 0.29) is 11.5 Å². The molecule has 0 bridgehead atoms. The Morgan fingerprint density at radius 1 is 1.00 bits per heavy atom. The summed E-state index contributed by atoms with van der Waals surface area (Å²) in [7, 11) is 0. The molecule has 2 amide bonds. The number of benzene rings is 2. The summed E-state index contributed by atoms with van der Waals surface area (Å²) in [4.78, 5) is 23.3. The number of nitrogens with one attached hydrogen (secondary N) is 2. The first-order valence-corrected chi connectivity index (χ1v) is 7.91. The molecule has 2 aromatic carbocycles. The van der Waals surface area contributed by atoms with E-state index in [1.807, 2.05) is 6.07 Å². The normalized spacial score (nSPS) is 10.7. The lowest BCUT2D eigenvalue weighted by atomic mass is 10.1. The van der Waals surface area contributed by atoms with Crippen LogP contribution in [0.3, 0.4) is 0 Å². The molecule has 2 N–H and O–H groups in total. The zero-order chi connectivity index (χ0) is 18.4. The van der Waals surface area contributed by atoms with Crippen LogP contribution in [0.25, 0.3) is 6.08 Å². The minimum atomic E-state index is -0.592. The summed E-state index contributed by atoms with van der Waals surface area (Å²) in [6.45, 7) is 1.40. The standard InChI is InChI=1S/C18H13Cl2N3O2/c1-11(24)22-13-5-7-14(8-6-13)23-18(25)12(10-21)9-15-16(19)3-2-4-17(15)20/h2-9H,1H3,(H,22,24)(H,23,25)/b12-9+. The highest BCUT2D eigenvalue weighted by Crippen LogP contribution is 2.27.